The number of hydrogen-bond donors (Lipinski definition) is 1. The molecule has 1 aromatic heterocycles. The highest BCUT2D eigenvalue weighted by Crippen LogP contribution is 2.28. The Bertz CT molecular complexity index is 595. The van der Waals surface area contributed by atoms with Crippen molar-refractivity contribution in [3.63, 3.8) is 0 Å². The fourth-order valence-electron chi connectivity index (χ4n) is 2.32. The van der Waals surface area contributed by atoms with Gasteiger partial charge < -0.3 is 10.2 Å². The van der Waals surface area contributed by atoms with Crippen LogP contribution in [0.1, 0.15) is 30.1 Å². The van der Waals surface area contributed by atoms with E-state index in [0.29, 0.717) is 0 Å². The number of aryl methyl sites for hydroxylation is 1. The Morgan fingerprint density at radius 1 is 1.29 bits per heavy atom. The van der Waals surface area contributed by atoms with Crippen molar-refractivity contribution in [1.29, 1.82) is 0 Å². The lowest BCUT2D eigenvalue weighted by atomic mass is 10.1. The molecule has 1 aliphatic heterocycles. The number of rotatable bonds is 3. The van der Waals surface area contributed by atoms with Crippen LogP contribution in [0.2, 0.25) is 0 Å². The van der Waals surface area contributed by atoms with E-state index in [4.69, 9.17) is 0 Å². The quantitative estimate of drug-likeness (QED) is 0.851. The zero-order chi connectivity index (χ0) is 18.0. The normalized spacial score (nSPS) is 17.7. The smallest absolute Gasteiger partial charge is 0.338 e. The summed E-state index contributed by atoms with van der Waals surface area (Å²) in [7, 11) is 0. The molecule has 0 saturated carbocycles. The monoisotopic (exact) mass is 352 g/mol. The summed E-state index contributed by atoms with van der Waals surface area (Å²) in [4.78, 5) is 20.4. The first kappa shape index (κ1) is 18.3. The number of likely N-dealkylation sites (tertiary alicyclic amines) is 1. The Balaban J connectivity index is 1.86. The van der Waals surface area contributed by atoms with Crippen LogP contribution < -0.4 is 5.32 Å². The van der Waals surface area contributed by atoms with Gasteiger partial charge in [-0.2, -0.15) is 13.2 Å². The van der Waals surface area contributed by atoms with Crippen molar-refractivity contribution in [2.24, 2.45) is 0 Å². The van der Waals surface area contributed by atoms with Crippen molar-refractivity contribution in [1.82, 2.24) is 20.2 Å². The molecule has 1 fully saturated rings. The summed E-state index contributed by atoms with van der Waals surface area (Å²) in [6.45, 7) is 1.33. The molecule has 134 valence electrons. The summed E-state index contributed by atoms with van der Waals surface area (Å²) in [5.74, 6) is -2.78. The van der Waals surface area contributed by atoms with E-state index in [0.717, 1.165) is 6.07 Å². The van der Waals surface area contributed by atoms with E-state index in [1.165, 1.54) is 11.8 Å². The topological polar surface area (TPSA) is 58.1 Å². The maximum absolute atomic E-state index is 13.0. The average Bonchev–Trinajstić information content (AvgIpc) is 2.45. The third kappa shape index (κ3) is 5.00. The van der Waals surface area contributed by atoms with E-state index in [-0.39, 0.29) is 37.6 Å². The Labute approximate surface area is 135 Å². The van der Waals surface area contributed by atoms with Crippen molar-refractivity contribution < 1.29 is 26.7 Å². The molecular formula is C14H17F5N4O. The van der Waals surface area contributed by atoms with E-state index in [9.17, 15) is 26.7 Å². The number of halogens is 5. The van der Waals surface area contributed by atoms with E-state index < -0.39 is 36.7 Å². The predicted molar refractivity (Wildman–Crippen MR) is 74.6 cm³/mol. The summed E-state index contributed by atoms with van der Waals surface area (Å²) in [6.07, 6.45) is -5.34. The van der Waals surface area contributed by atoms with Crippen LogP contribution in [0.3, 0.4) is 0 Å². The standard InChI is InChI=1S/C14H17F5N4O/c1-9-8-10(14(17,18)19)22-11(21-9)2-5-20-12(24)23-6-3-13(15,16)4-7-23/h8H,2-7H2,1H3,(H,20,24). The Morgan fingerprint density at radius 3 is 2.50 bits per heavy atom. The molecule has 2 rings (SSSR count). The lowest BCUT2D eigenvalue weighted by Gasteiger charge is -2.31. The molecule has 10 heteroatoms. The van der Waals surface area contributed by atoms with Crippen LogP contribution >= 0.6 is 0 Å². The predicted octanol–water partition coefficient (Wildman–Crippen LogP) is 2.79. The minimum Gasteiger partial charge on any atom is -0.338 e. The van der Waals surface area contributed by atoms with Gasteiger partial charge in [0.25, 0.3) is 5.92 Å². The maximum atomic E-state index is 13.0. The van der Waals surface area contributed by atoms with Crippen LogP contribution in [0.25, 0.3) is 0 Å². The van der Waals surface area contributed by atoms with Gasteiger partial charge in [-0.3, -0.25) is 0 Å². The summed E-state index contributed by atoms with van der Waals surface area (Å²) in [5.41, 5.74) is -0.855. The van der Waals surface area contributed by atoms with Crippen LogP contribution in [-0.2, 0) is 12.6 Å². The van der Waals surface area contributed by atoms with Gasteiger partial charge in [-0.15, -0.1) is 0 Å². The van der Waals surface area contributed by atoms with Crippen LogP contribution in [0, 0.1) is 6.92 Å². The SMILES string of the molecule is Cc1cc(C(F)(F)F)nc(CCNC(=O)N2CCC(F)(F)CC2)n1. The number of aromatic nitrogens is 2. The first-order valence-electron chi connectivity index (χ1n) is 7.39. The van der Waals surface area contributed by atoms with Gasteiger partial charge in [-0.25, -0.2) is 23.5 Å². The summed E-state index contributed by atoms with van der Waals surface area (Å²) in [6, 6.07) is 0.324. The summed E-state index contributed by atoms with van der Waals surface area (Å²) < 4.78 is 64.1. The van der Waals surface area contributed by atoms with Crippen molar-refractivity contribution >= 4 is 6.03 Å². The minimum atomic E-state index is -4.56. The maximum Gasteiger partial charge on any atom is 0.433 e. The molecule has 0 spiro atoms. The second-order valence-corrected chi connectivity index (χ2v) is 5.63. The Kier molecular flexibility index (Phi) is 5.24. The number of amides is 2. The van der Waals surface area contributed by atoms with Crippen molar-refractivity contribution in [3.8, 4) is 0 Å². The van der Waals surface area contributed by atoms with Gasteiger partial charge in [0.1, 0.15) is 11.5 Å². The highest BCUT2D eigenvalue weighted by molar-refractivity contribution is 5.74. The summed E-state index contributed by atoms with van der Waals surface area (Å²) in [5, 5.41) is 2.49. The molecule has 0 unspecified atom stereocenters. The molecule has 2 heterocycles. The minimum absolute atomic E-state index is 0.0144. The van der Waals surface area contributed by atoms with Crippen molar-refractivity contribution in [3.05, 3.63) is 23.3 Å². The molecule has 0 aromatic carbocycles. The molecule has 5 nitrogen and oxygen atoms in total. The molecule has 24 heavy (non-hydrogen) atoms. The van der Waals surface area contributed by atoms with Crippen molar-refractivity contribution in [2.75, 3.05) is 19.6 Å². The second-order valence-electron chi connectivity index (χ2n) is 5.63. The van der Waals surface area contributed by atoms with Crippen molar-refractivity contribution in [2.45, 2.75) is 38.3 Å². The van der Waals surface area contributed by atoms with Gasteiger partial charge in [0.05, 0.1) is 0 Å². The zero-order valence-corrected chi connectivity index (χ0v) is 13.0. The highest BCUT2D eigenvalue weighted by atomic mass is 19.4. The molecular weight excluding hydrogens is 335 g/mol. The largest absolute Gasteiger partial charge is 0.433 e. The number of alkyl halides is 5. The number of hydrogen-bond acceptors (Lipinski definition) is 3. The number of piperidine rings is 1. The van der Waals surface area contributed by atoms with Gasteiger partial charge in [-0.1, -0.05) is 0 Å². The lowest BCUT2D eigenvalue weighted by molar-refractivity contribution is -0.141. The Hall–Kier alpha value is -2.00. The molecule has 0 aliphatic carbocycles. The number of carbonyl (C=O) groups is 1. The third-order valence-corrected chi connectivity index (χ3v) is 3.60. The van der Waals surface area contributed by atoms with E-state index >= 15 is 0 Å². The number of nitrogens with one attached hydrogen (secondary N) is 1. The fraction of sp³-hybridized carbons (Fsp3) is 0.643. The molecule has 1 N–H and O–H groups in total. The molecule has 1 aromatic rings. The number of carbonyl (C=O) groups excluding carboxylic acids is 1. The number of urea groups is 1. The van der Waals surface area contributed by atoms with Crippen LogP contribution in [-0.4, -0.2) is 46.5 Å². The first-order valence-corrected chi connectivity index (χ1v) is 7.39. The number of nitrogens with zero attached hydrogens (tertiary/aromatic N) is 3. The molecule has 1 saturated heterocycles. The lowest BCUT2D eigenvalue weighted by Crippen LogP contribution is -2.47. The molecule has 2 amide bonds. The highest BCUT2D eigenvalue weighted by Gasteiger charge is 2.35. The van der Waals surface area contributed by atoms with E-state index in [1.54, 1.807) is 0 Å². The first-order chi connectivity index (χ1) is 11.1. The molecule has 0 bridgehead atoms. The average molecular weight is 352 g/mol. The molecule has 0 atom stereocenters. The van der Waals surface area contributed by atoms with E-state index in [2.05, 4.69) is 15.3 Å². The third-order valence-electron chi connectivity index (χ3n) is 3.60. The zero-order valence-electron chi connectivity index (χ0n) is 13.0. The van der Waals surface area contributed by atoms with Gasteiger partial charge >= 0.3 is 12.2 Å². The fourth-order valence-corrected chi connectivity index (χ4v) is 2.32. The summed E-state index contributed by atoms with van der Waals surface area (Å²) >= 11 is 0. The van der Waals surface area contributed by atoms with Gasteiger partial charge in [0.2, 0.25) is 0 Å². The van der Waals surface area contributed by atoms with Gasteiger partial charge in [-0.05, 0) is 13.0 Å². The molecule has 1 aliphatic rings. The van der Waals surface area contributed by atoms with Crippen LogP contribution in [0.5, 0.6) is 0 Å². The van der Waals surface area contributed by atoms with Crippen LogP contribution in [0.4, 0.5) is 26.7 Å². The Morgan fingerprint density at radius 2 is 1.92 bits per heavy atom. The van der Waals surface area contributed by atoms with Crippen LogP contribution in [0.15, 0.2) is 6.07 Å². The van der Waals surface area contributed by atoms with Gasteiger partial charge in [0.15, 0.2) is 0 Å². The second kappa shape index (κ2) is 6.86. The molecule has 0 radical (unpaired) electrons. The van der Waals surface area contributed by atoms with Gasteiger partial charge in [0, 0.05) is 44.6 Å². The van der Waals surface area contributed by atoms with E-state index in [1.807, 2.05) is 0 Å².